The largest absolute Gasteiger partial charge is 0.461 e. The van der Waals surface area contributed by atoms with Crippen LogP contribution in [0.5, 0.6) is 6.01 Å². The van der Waals surface area contributed by atoms with Crippen molar-refractivity contribution in [2.45, 2.75) is 51.5 Å². The van der Waals surface area contributed by atoms with Crippen molar-refractivity contribution < 1.29 is 9.13 Å². The fourth-order valence-electron chi connectivity index (χ4n) is 6.83. The van der Waals surface area contributed by atoms with Crippen LogP contribution in [-0.2, 0) is 0 Å². The normalized spacial score (nSPS) is 19.2. The van der Waals surface area contributed by atoms with E-state index in [2.05, 4.69) is 35.0 Å². The molecule has 1 N–H and O–H groups in total. The second-order valence-corrected chi connectivity index (χ2v) is 11.7. The number of anilines is 1. The van der Waals surface area contributed by atoms with Crippen molar-refractivity contribution in [2.24, 2.45) is 0 Å². The number of halogens is 2. The maximum atomic E-state index is 14.4. The molecular formula is C30H32ClFN6O. The number of benzene rings is 2. The van der Waals surface area contributed by atoms with Gasteiger partial charge < -0.3 is 9.64 Å². The van der Waals surface area contributed by atoms with Crippen LogP contribution in [0.25, 0.3) is 32.9 Å². The number of rotatable bonds is 5. The van der Waals surface area contributed by atoms with E-state index in [0.717, 1.165) is 70.0 Å². The van der Waals surface area contributed by atoms with Crippen LogP contribution >= 0.6 is 11.6 Å². The van der Waals surface area contributed by atoms with Gasteiger partial charge in [-0.25, -0.2) is 4.39 Å². The molecule has 7 nitrogen and oxygen atoms in total. The number of aromatic amines is 1. The lowest BCUT2D eigenvalue weighted by Crippen LogP contribution is -2.43. The van der Waals surface area contributed by atoms with Crippen LogP contribution < -0.4 is 9.64 Å². The zero-order chi connectivity index (χ0) is 26.7. The van der Waals surface area contributed by atoms with Gasteiger partial charge in [-0.3, -0.25) is 10.00 Å². The Hall–Kier alpha value is -3.23. The van der Waals surface area contributed by atoms with E-state index in [9.17, 15) is 4.39 Å². The number of ether oxygens (including phenoxy) is 1. The second-order valence-electron chi connectivity index (χ2n) is 11.3. The van der Waals surface area contributed by atoms with Crippen LogP contribution in [-0.4, -0.2) is 63.4 Å². The van der Waals surface area contributed by atoms with Gasteiger partial charge in [0.25, 0.3) is 0 Å². The minimum Gasteiger partial charge on any atom is -0.461 e. The van der Waals surface area contributed by atoms with Crippen molar-refractivity contribution in [1.82, 2.24) is 25.1 Å². The van der Waals surface area contributed by atoms with Crippen LogP contribution in [0.1, 0.15) is 43.2 Å². The number of hydrogen-bond donors (Lipinski definition) is 1. The van der Waals surface area contributed by atoms with E-state index in [1.165, 1.54) is 12.8 Å². The third-order valence-electron chi connectivity index (χ3n) is 8.97. The zero-order valence-corrected chi connectivity index (χ0v) is 23.1. The van der Waals surface area contributed by atoms with Crippen molar-refractivity contribution >= 4 is 39.2 Å². The molecule has 9 heteroatoms. The Balaban J connectivity index is 1.36. The van der Waals surface area contributed by atoms with Crippen LogP contribution in [0, 0.1) is 13.8 Å². The molecule has 2 aromatic heterocycles. The number of H-pyrrole nitrogens is 1. The molecule has 202 valence electrons. The molecule has 0 aliphatic carbocycles. The average molecular weight is 547 g/mol. The van der Waals surface area contributed by atoms with Gasteiger partial charge in [-0.05, 0) is 100 Å². The van der Waals surface area contributed by atoms with Crippen molar-refractivity contribution in [1.29, 1.82) is 0 Å². The maximum Gasteiger partial charge on any atom is 0.319 e. The summed E-state index contributed by atoms with van der Waals surface area (Å²) in [5.41, 5.74) is 5.98. The molecule has 3 aliphatic rings. The SMILES string of the molecule is Cc1cc2[nH]ncc2c(-c2cc3nc(OCC45CCCN4CCC5)nc(N4CCC=C(F)C4)c3cc2Cl)c1C. The topological polar surface area (TPSA) is 70.2 Å². The highest BCUT2D eigenvalue weighted by molar-refractivity contribution is 6.35. The molecule has 0 radical (unpaired) electrons. The highest BCUT2D eigenvalue weighted by Gasteiger charge is 2.45. The lowest BCUT2D eigenvalue weighted by atomic mass is 9.93. The third kappa shape index (κ3) is 4.16. The smallest absolute Gasteiger partial charge is 0.319 e. The van der Waals surface area contributed by atoms with Crippen molar-refractivity contribution in [2.75, 3.05) is 37.7 Å². The van der Waals surface area contributed by atoms with Crippen molar-refractivity contribution in [3.63, 3.8) is 0 Å². The molecule has 0 amide bonds. The fourth-order valence-corrected chi connectivity index (χ4v) is 7.09. The number of nitrogens with zero attached hydrogens (tertiary/aromatic N) is 5. The van der Waals surface area contributed by atoms with Crippen molar-refractivity contribution in [3.8, 4) is 17.1 Å². The highest BCUT2D eigenvalue weighted by atomic mass is 35.5. The molecule has 4 aromatic rings. The highest BCUT2D eigenvalue weighted by Crippen LogP contribution is 2.42. The first kappa shape index (κ1) is 24.8. The van der Waals surface area contributed by atoms with E-state index in [1.54, 1.807) is 6.08 Å². The first-order valence-electron chi connectivity index (χ1n) is 13.8. The summed E-state index contributed by atoms with van der Waals surface area (Å²) in [6, 6.07) is 6.39. The van der Waals surface area contributed by atoms with E-state index in [1.807, 2.05) is 23.2 Å². The van der Waals surface area contributed by atoms with E-state index in [0.29, 0.717) is 36.4 Å². The van der Waals surface area contributed by atoms with Crippen LogP contribution in [0.4, 0.5) is 10.2 Å². The molecule has 5 heterocycles. The first-order chi connectivity index (χ1) is 18.9. The summed E-state index contributed by atoms with van der Waals surface area (Å²) in [5, 5.41) is 9.77. The molecular weight excluding hydrogens is 515 g/mol. The maximum absolute atomic E-state index is 14.4. The van der Waals surface area contributed by atoms with E-state index in [4.69, 9.17) is 26.3 Å². The van der Waals surface area contributed by atoms with Gasteiger partial charge in [0.2, 0.25) is 0 Å². The number of nitrogens with one attached hydrogen (secondary N) is 1. The predicted molar refractivity (Wildman–Crippen MR) is 153 cm³/mol. The monoisotopic (exact) mass is 546 g/mol. The molecule has 0 saturated carbocycles. The molecule has 7 rings (SSSR count). The number of aryl methyl sites for hydroxylation is 1. The molecule has 3 aliphatic heterocycles. The van der Waals surface area contributed by atoms with E-state index in [-0.39, 0.29) is 17.9 Å². The minimum atomic E-state index is -0.151. The number of fused-ring (bicyclic) bond motifs is 3. The summed E-state index contributed by atoms with van der Waals surface area (Å²) in [6.07, 6.45) is 8.80. The Morgan fingerprint density at radius 2 is 1.90 bits per heavy atom. The fraction of sp³-hybridized carbons (Fsp3) is 0.433. The second kappa shape index (κ2) is 9.45. The first-order valence-corrected chi connectivity index (χ1v) is 14.2. The van der Waals surface area contributed by atoms with Crippen LogP contribution in [0.3, 0.4) is 0 Å². The van der Waals surface area contributed by atoms with E-state index >= 15 is 0 Å². The Morgan fingerprint density at radius 1 is 1.08 bits per heavy atom. The van der Waals surface area contributed by atoms with Gasteiger partial charge in [-0.15, -0.1) is 0 Å². The quantitative estimate of drug-likeness (QED) is 0.307. The predicted octanol–water partition coefficient (Wildman–Crippen LogP) is 6.51. The van der Waals surface area contributed by atoms with Gasteiger partial charge in [-0.2, -0.15) is 15.1 Å². The standard InChI is InChI=1S/C30H32ClFN6O/c1-18-12-26-23(15-33-36-26)27(19(18)2)21-14-25-22(13-24(21)31)28(37-9-3-6-20(32)16-37)35-29(34-25)39-17-30-7-4-10-38(30)11-5-8-30/h6,12-15H,3-5,7-11,16-17H2,1-2H3,(H,33,36). The molecule has 2 aromatic carbocycles. The van der Waals surface area contributed by atoms with Gasteiger partial charge in [0.15, 0.2) is 0 Å². The number of aromatic nitrogens is 4. The Labute approximate surface area is 232 Å². The molecule has 0 spiro atoms. The summed E-state index contributed by atoms with van der Waals surface area (Å²) in [6.45, 7) is 7.87. The van der Waals surface area contributed by atoms with Crippen molar-refractivity contribution in [3.05, 3.63) is 52.4 Å². The van der Waals surface area contributed by atoms with Gasteiger partial charge in [0.1, 0.15) is 18.3 Å². The lowest BCUT2D eigenvalue weighted by molar-refractivity contribution is 0.108. The molecule has 0 atom stereocenters. The molecule has 0 unspecified atom stereocenters. The van der Waals surface area contributed by atoms with Gasteiger partial charge in [0, 0.05) is 27.9 Å². The Bertz CT molecular complexity index is 1620. The summed E-state index contributed by atoms with van der Waals surface area (Å²) in [4.78, 5) is 14.3. The zero-order valence-electron chi connectivity index (χ0n) is 22.4. The van der Waals surface area contributed by atoms with Gasteiger partial charge >= 0.3 is 6.01 Å². The summed E-state index contributed by atoms with van der Waals surface area (Å²) >= 11 is 6.99. The van der Waals surface area contributed by atoms with Crippen LogP contribution in [0.15, 0.2) is 36.3 Å². The Kier molecular flexibility index (Phi) is 6.01. The lowest BCUT2D eigenvalue weighted by Gasteiger charge is -2.31. The van der Waals surface area contributed by atoms with Gasteiger partial charge in [-0.1, -0.05) is 11.6 Å². The molecule has 2 fully saturated rings. The summed E-state index contributed by atoms with van der Waals surface area (Å²) in [7, 11) is 0. The Morgan fingerprint density at radius 3 is 2.69 bits per heavy atom. The van der Waals surface area contributed by atoms with E-state index < -0.39 is 0 Å². The van der Waals surface area contributed by atoms with Gasteiger partial charge in [0.05, 0.1) is 29.3 Å². The average Bonchev–Trinajstić information content (AvgIpc) is 3.64. The molecule has 39 heavy (non-hydrogen) atoms. The number of hydrogen-bond acceptors (Lipinski definition) is 6. The van der Waals surface area contributed by atoms with Crippen LogP contribution in [0.2, 0.25) is 5.02 Å². The minimum absolute atomic E-state index is 0.0785. The summed E-state index contributed by atoms with van der Waals surface area (Å²) < 4.78 is 20.8. The molecule has 2 saturated heterocycles. The summed E-state index contributed by atoms with van der Waals surface area (Å²) in [5.74, 6) is 0.510. The molecule has 0 bridgehead atoms. The third-order valence-corrected chi connectivity index (χ3v) is 9.28.